The average molecular weight is 277 g/mol. The molecule has 1 saturated carbocycles. The summed E-state index contributed by atoms with van der Waals surface area (Å²) in [6.07, 6.45) is 2.82. The maximum Gasteiger partial charge on any atom is 0.230 e. The standard InChI is InChI=1S/C14H16FN3O2/c1-19-12-7-8(3-5-11(12)15)13-17-14(20-18-13)9-2-4-10(16)6-9/h3,5,7,9-10H,2,4,6,16H2,1H3. The van der Waals surface area contributed by atoms with Crippen LogP contribution < -0.4 is 10.5 Å². The Hall–Kier alpha value is -1.95. The van der Waals surface area contributed by atoms with E-state index >= 15 is 0 Å². The van der Waals surface area contributed by atoms with Crippen molar-refractivity contribution in [1.29, 1.82) is 0 Å². The van der Waals surface area contributed by atoms with Crippen LogP contribution in [0, 0.1) is 5.82 Å². The summed E-state index contributed by atoms with van der Waals surface area (Å²) in [5.41, 5.74) is 6.55. The summed E-state index contributed by atoms with van der Waals surface area (Å²) in [4.78, 5) is 4.39. The maximum atomic E-state index is 13.4. The second-order valence-corrected chi connectivity index (χ2v) is 5.08. The van der Waals surface area contributed by atoms with Crippen LogP contribution in [0.4, 0.5) is 4.39 Å². The zero-order valence-corrected chi connectivity index (χ0v) is 11.2. The molecule has 0 radical (unpaired) electrons. The minimum absolute atomic E-state index is 0.164. The van der Waals surface area contributed by atoms with E-state index in [1.54, 1.807) is 12.1 Å². The third-order valence-corrected chi connectivity index (χ3v) is 3.67. The Morgan fingerprint density at radius 3 is 2.95 bits per heavy atom. The highest BCUT2D eigenvalue weighted by atomic mass is 19.1. The Balaban J connectivity index is 1.86. The number of methoxy groups -OCH3 is 1. The van der Waals surface area contributed by atoms with Crippen LogP contribution in [0.3, 0.4) is 0 Å². The molecule has 2 aromatic rings. The van der Waals surface area contributed by atoms with Gasteiger partial charge in [-0.1, -0.05) is 5.16 Å². The molecular formula is C14H16FN3O2. The molecular weight excluding hydrogens is 261 g/mol. The predicted molar refractivity (Wildman–Crippen MR) is 70.8 cm³/mol. The summed E-state index contributed by atoms with van der Waals surface area (Å²) >= 11 is 0. The zero-order valence-electron chi connectivity index (χ0n) is 11.2. The Morgan fingerprint density at radius 1 is 1.40 bits per heavy atom. The second kappa shape index (κ2) is 5.20. The first kappa shape index (κ1) is 13.1. The molecule has 1 aromatic heterocycles. The van der Waals surface area contributed by atoms with Crippen molar-refractivity contribution < 1.29 is 13.7 Å². The molecule has 2 atom stereocenters. The van der Waals surface area contributed by atoms with Crippen LogP contribution in [0.1, 0.15) is 31.1 Å². The van der Waals surface area contributed by atoms with Gasteiger partial charge in [0, 0.05) is 17.5 Å². The van der Waals surface area contributed by atoms with E-state index < -0.39 is 5.82 Å². The monoisotopic (exact) mass is 277 g/mol. The summed E-state index contributed by atoms with van der Waals surface area (Å²) in [6.45, 7) is 0. The molecule has 1 aliphatic carbocycles. The smallest absolute Gasteiger partial charge is 0.230 e. The Morgan fingerprint density at radius 2 is 2.25 bits per heavy atom. The van der Waals surface area contributed by atoms with Crippen molar-refractivity contribution in [2.45, 2.75) is 31.2 Å². The normalized spacial score (nSPS) is 22.1. The predicted octanol–water partition coefficient (Wildman–Crippen LogP) is 2.48. The summed E-state index contributed by atoms with van der Waals surface area (Å²) in [7, 11) is 1.42. The lowest BCUT2D eigenvalue weighted by molar-refractivity contribution is 0.353. The molecule has 5 nitrogen and oxygen atoms in total. The van der Waals surface area contributed by atoms with E-state index in [1.165, 1.54) is 13.2 Å². The average Bonchev–Trinajstić information content (AvgIpc) is 3.08. The molecule has 0 amide bonds. The van der Waals surface area contributed by atoms with E-state index in [-0.39, 0.29) is 17.7 Å². The quantitative estimate of drug-likeness (QED) is 0.932. The van der Waals surface area contributed by atoms with Crippen LogP contribution in [0.15, 0.2) is 22.7 Å². The lowest BCUT2D eigenvalue weighted by Crippen LogP contribution is -2.14. The number of halogens is 1. The van der Waals surface area contributed by atoms with Crippen LogP contribution in [0.25, 0.3) is 11.4 Å². The van der Waals surface area contributed by atoms with Crippen LogP contribution >= 0.6 is 0 Å². The molecule has 0 bridgehead atoms. The minimum Gasteiger partial charge on any atom is -0.494 e. The number of nitrogens with two attached hydrogens (primary N) is 1. The largest absolute Gasteiger partial charge is 0.494 e. The fourth-order valence-corrected chi connectivity index (χ4v) is 2.56. The first-order chi connectivity index (χ1) is 9.67. The first-order valence-corrected chi connectivity index (χ1v) is 6.60. The van der Waals surface area contributed by atoms with Crippen molar-refractivity contribution in [3.63, 3.8) is 0 Å². The van der Waals surface area contributed by atoms with Gasteiger partial charge < -0.3 is 15.0 Å². The molecule has 0 saturated heterocycles. The van der Waals surface area contributed by atoms with Crippen molar-refractivity contribution in [2.24, 2.45) is 5.73 Å². The number of benzene rings is 1. The molecule has 3 rings (SSSR count). The molecule has 1 heterocycles. The van der Waals surface area contributed by atoms with Gasteiger partial charge in [-0.25, -0.2) is 4.39 Å². The third-order valence-electron chi connectivity index (χ3n) is 3.67. The van der Waals surface area contributed by atoms with E-state index in [0.29, 0.717) is 17.3 Å². The van der Waals surface area contributed by atoms with E-state index in [2.05, 4.69) is 10.1 Å². The van der Waals surface area contributed by atoms with Crippen LogP contribution in [0.2, 0.25) is 0 Å². The molecule has 0 spiro atoms. The maximum absolute atomic E-state index is 13.4. The van der Waals surface area contributed by atoms with Crippen molar-refractivity contribution >= 4 is 0 Å². The van der Waals surface area contributed by atoms with E-state index in [0.717, 1.165) is 19.3 Å². The Labute approximate surface area is 115 Å². The number of nitrogens with zero attached hydrogens (tertiary/aromatic N) is 2. The molecule has 20 heavy (non-hydrogen) atoms. The molecule has 1 aromatic carbocycles. The van der Waals surface area contributed by atoms with Gasteiger partial charge in [0.05, 0.1) is 7.11 Å². The fraction of sp³-hybridized carbons (Fsp3) is 0.429. The van der Waals surface area contributed by atoms with Gasteiger partial charge in [0.25, 0.3) is 0 Å². The van der Waals surface area contributed by atoms with Crippen LogP contribution in [-0.4, -0.2) is 23.3 Å². The number of hydrogen-bond donors (Lipinski definition) is 1. The summed E-state index contributed by atoms with van der Waals surface area (Å²) < 4.78 is 23.6. The van der Waals surface area contributed by atoms with E-state index in [1.807, 2.05) is 0 Å². The van der Waals surface area contributed by atoms with Gasteiger partial charge in [-0.3, -0.25) is 0 Å². The fourth-order valence-electron chi connectivity index (χ4n) is 2.56. The molecule has 0 aliphatic heterocycles. The second-order valence-electron chi connectivity index (χ2n) is 5.08. The van der Waals surface area contributed by atoms with Gasteiger partial charge in [0.15, 0.2) is 11.6 Å². The lowest BCUT2D eigenvalue weighted by atomic mass is 10.1. The highest BCUT2D eigenvalue weighted by Gasteiger charge is 2.28. The number of rotatable bonds is 3. The summed E-state index contributed by atoms with van der Waals surface area (Å²) in [5, 5.41) is 3.96. The van der Waals surface area contributed by atoms with Gasteiger partial charge >= 0.3 is 0 Å². The molecule has 2 N–H and O–H groups in total. The lowest BCUT2D eigenvalue weighted by Gasteiger charge is -2.03. The van der Waals surface area contributed by atoms with Gasteiger partial charge in [-0.15, -0.1) is 0 Å². The SMILES string of the molecule is COc1cc(-c2noc(C3CCC(N)C3)n2)ccc1F. The van der Waals surface area contributed by atoms with Crippen LogP contribution in [-0.2, 0) is 0 Å². The van der Waals surface area contributed by atoms with Crippen molar-refractivity contribution in [3.05, 3.63) is 29.9 Å². The molecule has 106 valence electrons. The highest BCUT2D eigenvalue weighted by molar-refractivity contribution is 5.57. The minimum atomic E-state index is -0.415. The molecule has 2 unspecified atom stereocenters. The summed E-state index contributed by atoms with van der Waals surface area (Å²) in [5.74, 6) is 1.03. The molecule has 6 heteroatoms. The van der Waals surface area contributed by atoms with Gasteiger partial charge in [0.1, 0.15) is 0 Å². The highest BCUT2D eigenvalue weighted by Crippen LogP contribution is 2.33. The van der Waals surface area contributed by atoms with Crippen molar-refractivity contribution in [2.75, 3.05) is 7.11 Å². The van der Waals surface area contributed by atoms with Crippen LogP contribution in [0.5, 0.6) is 5.75 Å². The molecule has 1 aliphatic rings. The van der Waals surface area contributed by atoms with Gasteiger partial charge in [-0.05, 0) is 37.5 Å². The first-order valence-electron chi connectivity index (χ1n) is 6.60. The topological polar surface area (TPSA) is 74.2 Å². The third kappa shape index (κ3) is 2.38. The van der Waals surface area contributed by atoms with E-state index in [9.17, 15) is 4.39 Å². The van der Waals surface area contributed by atoms with Crippen molar-refractivity contribution in [1.82, 2.24) is 10.1 Å². The zero-order chi connectivity index (χ0) is 14.1. The Bertz CT molecular complexity index is 614. The van der Waals surface area contributed by atoms with Gasteiger partial charge in [0.2, 0.25) is 11.7 Å². The van der Waals surface area contributed by atoms with Gasteiger partial charge in [-0.2, -0.15) is 4.98 Å². The van der Waals surface area contributed by atoms with E-state index in [4.69, 9.17) is 15.0 Å². The Kier molecular flexibility index (Phi) is 3.40. The molecule has 1 fully saturated rings. The number of hydrogen-bond acceptors (Lipinski definition) is 5. The summed E-state index contributed by atoms with van der Waals surface area (Å²) in [6, 6.07) is 4.70. The van der Waals surface area contributed by atoms with Crippen molar-refractivity contribution in [3.8, 4) is 17.1 Å². The number of aromatic nitrogens is 2. The number of ether oxygens (including phenoxy) is 1.